The molecule has 20 heavy (non-hydrogen) atoms. The van der Waals surface area contributed by atoms with E-state index in [4.69, 9.17) is 0 Å². The van der Waals surface area contributed by atoms with Crippen LogP contribution in [0.2, 0.25) is 0 Å². The molecule has 1 amide bonds. The lowest BCUT2D eigenvalue weighted by molar-refractivity contribution is 0.0938. The maximum atomic E-state index is 12.1. The zero-order chi connectivity index (χ0) is 14.4. The maximum Gasteiger partial charge on any atom is 0.251 e. The molecule has 104 valence electrons. The van der Waals surface area contributed by atoms with E-state index in [1.54, 1.807) is 0 Å². The number of benzene rings is 2. The van der Waals surface area contributed by atoms with Crippen LogP contribution in [0.3, 0.4) is 0 Å². The van der Waals surface area contributed by atoms with Gasteiger partial charge in [-0.15, -0.1) is 0 Å². The molecule has 3 heteroatoms. The van der Waals surface area contributed by atoms with E-state index in [2.05, 4.69) is 47.0 Å². The van der Waals surface area contributed by atoms with Crippen molar-refractivity contribution in [1.29, 1.82) is 0 Å². The van der Waals surface area contributed by atoms with Crippen molar-refractivity contribution in [2.24, 2.45) is 0 Å². The molecule has 2 aromatic carbocycles. The molecule has 1 N–H and O–H groups in total. The maximum absolute atomic E-state index is 12.1. The first-order valence-corrected chi connectivity index (χ1v) is 7.83. The Bertz CT molecular complexity index is 568. The predicted octanol–water partition coefficient (Wildman–Crippen LogP) is 4.04. The first-order chi connectivity index (χ1) is 9.65. The summed E-state index contributed by atoms with van der Waals surface area (Å²) in [7, 11) is 0. The van der Waals surface area contributed by atoms with Crippen molar-refractivity contribution >= 4 is 28.5 Å². The average molecular weight is 379 g/mol. The molecule has 2 aromatic rings. The van der Waals surface area contributed by atoms with Crippen LogP contribution in [-0.2, 0) is 6.42 Å². The highest BCUT2D eigenvalue weighted by Gasteiger charge is 2.09. The monoisotopic (exact) mass is 379 g/mol. The molecular weight excluding hydrogens is 361 g/mol. The second-order valence-corrected chi connectivity index (χ2v) is 6.15. The largest absolute Gasteiger partial charge is 0.350 e. The van der Waals surface area contributed by atoms with Gasteiger partial charge in [0, 0.05) is 15.2 Å². The van der Waals surface area contributed by atoms with Gasteiger partial charge in [-0.3, -0.25) is 4.79 Å². The van der Waals surface area contributed by atoms with E-state index in [9.17, 15) is 4.79 Å². The van der Waals surface area contributed by atoms with Crippen molar-refractivity contribution in [3.05, 3.63) is 69.3 Å². The van der Waals surface area contributed by atoms with E-state index in [0.717, 1.165) is 22.0 Å². The smallest absolute Gasteiger partial charge is 0.251 e. The van der Waals surface area contributed by atoms with Crippen molar-refractivity contribution in [3.63, 3.8) is 0 Å². The topological polar surface area (TPSA) is 29.1 Å². The summed E-state index contributed by atoms with van der Waals surface area (Å²) in [5.74, 6) is 0.00378. The molecule has 0 bridgehead atoms. The highest BCUT2D eigenvalue weighted by molar-refractivity contribution is 14.1. The Hall–Kier alpha value is -1.36. The summed E-state index contributed by atoms with van der Waals surface area (Å²) in [4.78, 5) is 12.1. The quantitative estimate of drug-likeness (QED) is 0.781. The third kappa shape index (κ3) is 4.63. The van der Waals surface area contributed by atoms with Gasteiger partial charge in [-0.2, -0.15) is 0 Å². The van der Waals surface area contributed by atoms with Gasteiger partial charge in [0.25, 0.3) is 5.91 Å². The standard InChI is InChI=1S/C17H18INO/c1-13(10-11-14-6-3-2-4-7-14)19-17(20)15-8-5-9-16(18)12-15/h2-9,12-13H,10-11H2,1H3,(H,19,20)/t13-/m1/s1. The van der Waals surface area contributed by atoms with Gasteiger partial charge < -0.3 is 5.32 Å². The zero-order valence-corrected chi connectivity index (χ0v) is 13.6. The highest BCUT2D eigenvalue weighted by atomic mass is 127. The number of aryl methyl sites for hydroxylation is 1. The average Bonchev–Trinajstić information content (AvgIpc) is 2.46. The lowest BCUT2D eigenvalue weighted by atomic mass is 10.1. The zero-order valence-electron chi connectivity index (χ0n) is 11.5. The molecule has 0 radical (unpaired) electrons. The Morgan fingerprint density at radius 3 is 2.60 bits per heavy atom. The SMILES string of the molecule is C[C@H](CCc1ccccc1)NC(=O)c1cccc(I)c1. The first kappa shape index (κ1) is 15.0. The van der Waals surface area contributed by atoms with Crippen molar-refractivity contribution in [2.75, 3.05) is 0 Å². The molecule has 0 heterocycles. The summed E-state index contributed by atoms with van der Waals surface area (Å²) in [5.41, 5.74) is 2.03. The Balaban J connectivity index is 1.85. The minimum Gasteiger partial charge on any atom is -0.350 e. The Kier molecular flexibility index (Phi) is 5.59. The summed E-state index contributed by atoms with van der Waals surface area (Å²) >= 11 is 2.22. The lowest BCUT2D eigenvalue weighted by Gasteiger charge is -2.14. The van der Waals surface area contributed by atoms with Crippen molar-refractivity contribution in [2.45, 2.75) is 25.8 Å². The Morgan fingerprint density at radius 2 is 1.90 bits per heavy atom. The summed E-state index contributed by atoms with van der Waals surface area (Å²) in [6.07, 6.45) is 1.92. The van der Waals surface area contributed by atoms with E-state index in [1.165, 1.54) is 5.56 Å². The van der Waals surface area contributed by atoms with Crippen molar-refractivity contribution in [1.82, 2.24) is 5.32 Å². The molecular formula is C17H18INO. The minimum absolute atomic E-state index is 0.00378. The molecule has 0 spiro atoms. The normalized spacial score (nSPS) is 11.9. The van der Waals surface area contributed by atoms with Gasteiger partial charge in [-0.25, -0.2) is 0 Å². The van der Waals surface area contributed by atoms with Crippen LogP contribution < -0.4 is 5.32 Å². The van der Waals surface area contributed by atoms with E-state index in [1.807, 2.05) is 42.5 Å². The van der Waals surface area contributed by atoms with Crippen LogP contribution in [0.25, 0.3) is 0 Å². The fourth-order valence-corrected chi connectivity index (χ4v) is 2.58. The van der Waals surface area contributed by atoms with E-state index in [-0.39, 0.29) is 11.9 Å². The lowest BCUT2D eigenvalue weighted by Crippen LogP contribution is -2.32. The summed E-state index contributed by atoms with van der Waals surface area (Å²) in [6, 6.07) is 18.2. The molecule has 0 unspecified atom stereocenters. The second-order valence-electron chi connectivity index (χ2n) is 4.91. The van der Waals surface area contributed by atoms with E-state index < -0.39 is 0 Å². The molecule has 0 aromatic heterocycles. The Labute approximate surface area is 133 Å². The fraction of sp³-hybridized carbons (Fsp3) is 0.235. The number of amides is 1. The molecule has 0 aliphatic heterocycles. The van der Waals surface area contributed by atoms with E-state index in [0.29, 0.717) is 0 Å². The van der Waals surface area contributed by atoms with Crippen molar-refractivity contribution in [3.8, 4) is 0 Å². The second kappa shape index (κ2) is 7.43. The summed E-state index contributed by atoms with van der Waals surface area (Å²) in [5, 5.41) is 3.05. The molecule has 0 saturated carbocycles. The van der Waals surface area contributed by atoms with Gasteiger partial charge in [0.1, 0.15) is 0 Å². The van der Waals surface area contributed by atoms with Crippen LogP contribution in [0.1, 0.15) is 29.3 Å². The Morgan fingerprint density at radius 1 is 1.15 bits per heavy atom. The molecule has 2 nitrogen and oxygen atoms in total. The van der Waals surface area contributed by atoms with Crippen LogP contribution in [0.15, 0.2) is 54.6 Å². The molecule has 0 saturated heterocycles. The molecule has 0 aliphatic rings. The van der Waals surface area contributed by atoms with Gasteiger partial charge >= 0.3 is 0 Å². The minimum atomic E-state index is 0.00378. The third-order valence-corrected chi connectivity index (χ3v) is 3.84. The van der Waals surface area contributed by atoms with Crippen LogP contribution >= 0.6 is 22.6 Å². The van der Waals surface area contributed by atoms with Crippen LogP contribution in [0.5, 0.6) is 0 Å². The number of hydrogen-bond donors (Lipinski definition) is 1. The number of carbonyl (C=O) groups is 1. The molecule has 0 fully saturated rings. The number of halogens is 1. The number of rotatable bonds is 5. The highest BCUT2D eigenvalue weighted by Crippen LogP contribution is 2.09. The van der Waals surface area contributed by atoms with Gasteiger partial charge in [-0.05, 0) is 66.1 Å². The number of hydrogen-bond acceptors (Lipinski definition) is 1. The summed E-state index contributed by atoms with van der Waals surface area (Å²) < 4.78 is 1.08. The number of carbonyl (C=O) groups excluding carboxylic acids is 1. The molecule has 1 atom stereocenters. The van der Waals surface area contributed by atoms with Crippen LogP contribution in [0, 0.1) is 3.57 Å². The third-order valence-electron chi connectivity index (χ3n) is 3.17. The van der Waals surface area contributed by atoms with Gasteiger partial charge in [-0.1, -0.05) is 36.4 Å². The molecule has 0 aliphatic carbocycles. The van der Waals surface area contributed by atoms with Gasteiger partial charge in [0.05, 0.1) is 0 Å². The van der Waals surface area contributed by atoms with Crippen LogP contribution in [0.4, 0.5) is 0 Å². The summed E-state index contributed by atoms with van der Waals surface area (Å²) in [6.45, 7) is 2.05. The van der Waals surface area contributed by atoms with E-state index >= 15 is 0 Å². The molecule has 2 rings (SSSR count). The van der Waals surface area contributed by atoms with Gasteiger partial charge in [0.15, 0.2) is 0 Å². The first-order valence-electron chi connectivity index (χ1n) is 6.75. The number of nitrogens with one attached hydrogen (secondary N) is 1. The van der Waals surface area contributed by atoms with Crippen LogP contribution in [-0.4, -0.2) is 11.9 Å². The van der Waals surface area contributed by atoms with Gasteiger partial charge in [0.2, 0.25) is 0 Å². The predicted molar refractivity (Wildman–Crippen MR) is 90.9 cm³/mol. The fourth-order valence-electron chi connectivity index (χ4n) is 2.04. The van der Waals surface area contributed by atoms with Crippen molar-refractivity contribution < 1.29 is 4.79 Å².